The van der Waals surface area contributed by atoms with Crippen molar-refractivity contribution in [3.63, 3.8) is 0 Å². The second-order valence-corrected chi connectivity index (χ2v) is 15.6. The van der Waals surface area contributed by atoms with Gasteiger partial charge in [0.05, 0.1) is 0 Å². The van der Waals surface area contributed by atoms with Crippen LogP contribution < -0.4 is 5.32 Å². The van der Waals surface area contributed by atoms with Crippen molar-refractivity contribution in [3.8, 4) is 22.3 Å². The van der Waals surface area contributed by atoms with Gasteiger partial charge in [-0.05, 0) is 71.3 Å². The number of nitrogens with zero attached hydrogens (tertiary/aromatic N) is 1. The van der Waals surface area contributed by atoms with Crippen LogP contribution in [0.5, 0.6) is 0 Å². The second kappa shape index (κ2) is 16.3. The van der Waals surface area contributed by atoms with Gasteiger partial charge < -0.3 is 19.8 Å². The molecule has 1 aromatic heterocycles. The Labute approximate surface area is 338 Å². The molecule has 6 aromatic carbocycles. The highest BCUT2D eigenvalue weighted by atomic mass is 16.6. The molecule has 0 spiro atoms. The lowest BCUT2D eigenvalue weighted by Gasteiger charge is -2.42. The molecule has 1 aliphatic rings. The number of carbonyl (C=O) groups is 3. The first kappa shape index (κ1) is 38.0. The average molecular weight is 768 g/mol. The molecule has 0 radical (unpaired) electrons. The molecule has 58 heavy (non-hydrogen) atoms. The van der Waals surface area contributed by atoms with Gasteiger partial charge in [0.15, 0.2) is 6.04 Å². The van der Waals surface area contributed by atoms with Crippen molar-refractivity contribution in [2.45, 2.75) is 57.5 Å². The highest BCUT2D eigenvalue weighted by Crippen LogP contribution is 2.42. The Kier molecular flexibility index (Phi) is 10.7. The van der Waals surface area contributed by atoms with Gasteiger partial charge in [0, 0.05) is 23.0 Å². The predicted molar refractivity (Wildman–Crippen MR) is 227 cm³/mol. The van der Waals surface area contributed by atoms with E-state index in [0.717, 1.165) is 55.5 Å². The van der Waals surface area contributed by atoms with Crippen LogP contribution in [0, 0.1) is 0 Å². The molecule has 7 aromatic rings. The van der Waals surface area contributed by atoms with E-state index in [1.165, 1.54) is 4.90 Å². The number of esters is 1. The van der Waals surface area contributed by atoms with Crippen LogP contribution in [0.25, 0.3) is 33.2 Å². The quantitative estimate of drug-likeness (QED) is 0.143. The number of hydrogen-bond donors (Lipinski definition) is 2. The number of H-pyrrole nitrogens is 1. The van der Waals surface area contributed by atoms with Crippen molar-refractivity contribution in [2.24, 2.45) is 0 Å². The molecule has 0 bridgehead atoms. The number of para-hydroxylation sites is 1. The lowest BCUT2D eigenvalue weighted by Crippen LogP contribution is -2.56. The summed E-state index contributed by atoms with van der Waals surface area (Å²) in [5.74, 6) is -1.13. The summed E-state index contributed by atoms with van der Waals surface area (Å²) >= 11 is 0. The molecular weight excluding hydrogens is 723 g/mol. The van der Waals surface area contributed by atoms with E-state index < -0.39 is 41.7 Å². The molecule has 3 atom stereocenters. The molecule has 0 saturated carbocycles. The summed E-state index contributed by atoms with van der Waals surface area (Å²) in [6.07, 6.45) is -0.466. The Morgan fingerprint density at radius 1 is 0.690 bits per heavy atom. The van der Waals surface area contributed by atoms with Gasteiger partial charge in [-0.2, -0.15) is 0 Å². The minimum absolute atomic E-state index is 0.0291. The number of nitrogens with one attached hydrogen (secondary N) is 2. The summed E-state index contributed by atoms with van der Waals surface area (Å²) < 4.78 is 11.9. The second-order valence-electron chi connectivity index (χ2n) is 15.6. The summed E-state index contributed by atoms with van der Waals surface area (Å²) in [7, 11) is 0. The van der Waals surface area contributed by atoms with Gasteiger partial charge in [0.1, 0.15) is 24.3 Å². The SMILES string of the molecule is CC(C)(C)OC(=O)N1[C@@H](c2ccc(-c3ccccc3)cc2)c2[nH]c3ccccc3c2C[C@@H]1C(=O)NC(C(=O)OCc1ccccc1)c1ccc(-c2ccccc2)cc1. The Morgan fingerprint density at radius 3 is 1.83 bits per heavy atom. The van der Waals surface area contributed by atoms with Crippen molar-refractivity contribution in [3.05, 3.63) is 192 Å². The molecule has 0 aliphatic carbocycles. The van der Waals surface area contributed by atoms with E-state index in [1.54, 1.807) is 20.8 Å². The molecule has 1 aliphatic heterocycles. The third-order valence-corrected chi connectivity index (χ3v) is 10.5. The van der Waals surface area contributed by atoms with Gasteiger partial charge in [-0.25, -0.2) is 9.59 Å². The minimum atomic E-state index is -1.17. The van der Waals surface area contributed by atoms with E-state index in [9.17, 15) is 9.59 Å². The highest BCUT2D eigenvalue weighted by molar-refractivity contribution is 5.94. The van der Waals surface area contributed by atoms with E-state index in [-0.39, 0.29) is 13.0 Å². The zero-order valence-corrected chi connectivity index (χ0v) is 32.7. The average Bonchev–Trinajstić information content (AvgIpc) is 3.63. The Morgan fingerprint density at radius 2 is 1.22 bits per heavy atom. The van der Waals surface area contributed by atoms with Crippen LogP contribution in [0.15, 0.2) is 164 Å². The van der Waals surface area contributed by atoms with Crippen LogP contribution in [0.2, 0.25) is 0 Å². The number of fused-ring (bicyclic) bond motifs is 3. The van der Waals surface area contributed by atoms with Crippen LogP contribution in [0.3, 0.4) is 0 Å². The summed E-state index contributed by atoms with van der Waals surface area (Å²) in [6.45, 7) is 5.45. The monoisotopic (exact) mass is 767 g/mol. The minimum Gasteiger partial charge on any atom is -0.459 e. The number of aromatic amines is 1. The summed E-state index contributed by atoms with van der Waals surface area (Å²) in [5.41, 5.74) is 7.99. The molecule has 0 fully saturated rings. The first-order valence-electron chi connectivity index (χ1n) is 19.6. The molecule has 2 amide bonds. The van der Waals surface area contributed by atoms with Crippen LogP contribution in [-0.4, -0.2) is 39.5 Å². The van der Waals surface area contributed by atoms with E-state index in [1.807, 2.05) is 152 Å². The number of benzene rings is 6. The van der Waals surface area contributed by atoms with Crippen molar-refractivity contribution < 1.29 is 23.9 Å². The first-order chi connectivity index (χ1) is 28.1. The number of hydrogen-bond acceptors (Lipinski definition) is 5. The Bertz CT molecular complexity index is 2530. The van der Waals surface area contributed by atoms with Crippen molar-refractivity contribution in [1.29, 1.82) is 0 Å². The fraction of sp³-hybridized carbons (Fsp3) is 0.180. The highest BCUT2D eigenvalue weighted by Gasteiger charge is 2.46. The maximum atomic E-state index is 15.0. The van der Waals surface area contributed by atoms with Crippen LogP contribution in [0.4, 0.5) is 4.79 Å². The molecule has 2 N–H and O–H groups in total. The van der Waals surface area contributed by atoms with Crippen molar-refractivity contribution in [1.82, 2.24) is 15.2 Å². The Balaban J connectivity index is 1.20. The third-order valence-electron chi connectivity index (χ3n) is 10.5. The lowest BCUT2D eigenvalue weighted by atomic mass is 9.87. The smallest absolute Gasteiger partial charge is 0.411 e. The van der Waals surface area contributed by atoms with E-state index >= 15 is 4.79 Å². The molecule has 8 nitrogen and oxygen atoms in total. The molecule has 2 heterocycles. The van der Waals surface area contributed by atoms with Crippen LogP contribution in [0.1, 0.15) is 60.8 Å². The fourth-order valence-corrected chi connectivity index (χ4v) is 7.69. The molecular formula is C50H45N3O5. The van der Waals surface area contributed by atoms with E-state index in [2.05, 4.69) is 22.4 Å². The Hall–Kier alpha value is -6.93. The zero-order valence-electron chi connectivity index (χ0n) is 32.7. The van der Waals surface area contributed by atoms with Gasteiger partial charge in [-0.1, -0.05) is 158 Å². The van der Waals surface area contributed by atoms with Crippen molar-refractivity contribution >= 4 is 28.9 Å². The number of carbonyl (C=O) groups excluding carboxylic acids is 3. The van der Waals surface area contributed by atoms with Gasteiger partial charge in [0.2, 0.25) is 5.91 Å². The molecule has 0 saturated heterocycles. The van der Waals surface area contributed by atoms with Gasteiger partial charge >= 0.3 is 12.1 Å². The van der Waals surface area contributed by atoms with E-state index in [4.69, 9.17) is 9.47 Å². The van der Waals surface area contributed by atoms with Gasteiger partial charge in [0.25, 0.3) is 0 Å². The normalized spacial score (nSPS) is 15.6. The summed E-state index contributed by atoms with van der Waals surface area (Å²) in [4.78, 5) is 48.8. The lowest BCUT2D eigenvalue weighted by molar-refractivity contribution is -0.150. The molecule has 290 valence electrons. The largest absolute Gasteiger partial charge is 0.459 e. The van der Waals surface area contributed by atoms with Crippen LogP contribution in [-0.2, 0) is 32.1 Å². The molecule has 1 unspecified atom stereocenters. The first-order valence-corrected chi connectivity index (χ1v) is 19.6. The van der Waals surface area contributed by atoms with Crippen molar-refractivity contribution in [2.75, 3.05) is 0 Å². The van der Waals surface area contributed by atoms with Gasteiger partial charge in [-0.3, -0.25) is 9.69 Å². The summed E-state index contributed by atoms with van der Waals surface area (Å²) in [6, 6.07) is 50.0. The zero-order chi connectivity index (χ0) is 40.2. The molecule has 8 heteroatoms. The maximum Gasteiger partial charge on any atom is 0.411 e. The van der Waals surface area contributed by atoms with Crippen LogP contribution >= 0.6 is 0 Å². The standard InChI is InChI=1S/C50H45N3O5/c1-50(2,3)58-49(56)53-43(31-41-40-21-13-14-22-42(40)51-45(41)46(53)39-29-25-37(26-30-39)35-19-11-6-12-20-35)47(54)52-44(48(55)57-32-33-15-7-4-8-16-33)38-27-23-36(24-28-38)34-17-9-5-10-18-34/h4-30,43-44,46,51H,31-32H2,1-3H3,(H,52,54)/t43-,44?,46+/m1/s1. The van der Waals surface area contributed by atoms with Gasteiger partial charge in [-0.15, -0.1) is 0 Å². The fourth-order valence-electron chi connectivity index (χ4n) is 7.69. The third kappa shape index (κ3) is 8.13. The molecule has 8 rings (SSSR count). The number of rotatable bonds is 9. The number of amides is 2. The maximum absolute atomic E-state index is 15.0. The number of ether oxygens (including phenoxy) is 2. The topological polar surface area (TPSA) is 101 Å². The van der Waals surface area contributed by atoms with E-state index in [0.29, 0.717) is 5.56 Å². The number of aromatic nitrogens is 1. The predicted octanol–water partition coefficient (Wildman–Crippen LogP) is 10.4. The summed E-state index contributed by atoms with van der Waals surface area (Å²) in [5, 5.41) is 4.01.